The molecule has 1 aliphatic heterocycles. The van der Waals surface area contributed by atoms with Crippen molar-refractivity contribution in [2.24, 2.45) is 4.99 Å². The number of carbonyl (C=O) groups is 3. The first-order chi connectivity index (χ1) is 18.9. The smallest absolute Gasteiger partial charge is 0.289 e. The van der Waals surface area contributed by atoms with Crippen molar-refractivity contribution in [3.05, 3.63) is 87.9 Å². The first kappa shape index (κ1) is 27.9. The Morgan fingerprint density at radius 3 is 2.28 bits per heavy atom. The second kappa shape index (κ2) is 13.6. The minimum atomic E-state index is -0.453. The Balaban J connectivity index is 1.20. The van der Waals surface area contributed by atoms with E-state index in [-0.39, 0.29) is 35.2 Å². The van der Waals surface area contributed by atoms with Crippen LogP contribution in [0.3, 0.4) is 0 Å². The van der Waals surface area contributed by atoms with E-state index in [0.29, 0.717) is 30.4 Å². The zero-order valence-electron chi connectivity index (χ0n) is 20.9. The van der Waals surface area contributed by atoms with Crippen LogP contribution in [0.1, 0.15) is 27.1 Å². The summed E-state index contributed by atoms with van der Waals surface area (Å²) < 4.78 is 5.43. The molecule has 1 heterocycles. The lowest BCUT2D eigenvalue weighted by molar-refractivity contribution is -0.120. The Labute approximate surface area is 235 Å². The number of ether oxygens (including phenoxy) is 1. The van der Waals surface area contributed by atoms with Gasteiger partial charge in [0.15, 0.2) is 0 Å². The van der Waals surface area contributed by atoms with E-state index in [0.717, 1.165) is 17.5 Å². The second-order valence-electron chi connectivity index (χ2n) is 8.56. The number of aliphatic imine (C=N–C) groups is 1. The average Bonchev–Trinajstić information content (AvgIpc) is 2.95. The molecule has 39 heavy (non-hydrogen) atoms. The van der Waals surface area contributed by atoms with E-state index in [9.17, 15) is 14.4 Å². The molecule has 0 spiro atoms. The van der Waals surface area contributed by atoms with Crippen LogP contribution < -0.4 is 21.3 Å². The van der Waals surface area contributed by atoms with Crippen LogP contribution in [0.5, 0.6) is 0 Å². The van der Waals surface area contributed by atoms with Gasteiger partial charge in [-0.15, -0.1) is 0 Å². The first-order valence-corrected chi connectivity index (χ1v) is 13.1. The van der Waals surface area contributed by atoms with Gasteiger partial charge in [-0.1, -0.05) is 59.6 Å². The van der Waals surface area contributed by atoms with Crippen molar-refractivity contribution in [3.8, 4) is 11.1 Å². The SMILES string of the molecule is O=C(CNC(=O)c1cccc(NC2=NCCCO2)c1)NCCNC(=O)c1c(Cl)cc(-c2ccccc2)cc1Cl. The average molecular weight is 568 g/mol. The third kappa shape index (κ3) is 7.95. The van der Waals surface area contributed by atoms with Gasteiger partial charge in [0.25, 0.3) is 17.8 Å². The van der Waals surface area contributed by atoms with Crippen molar-refractivity contribution in [1.82, 2.24) is 16.0 Å². The number of hydrogen-bond donors (Lipinski definition) is 4. The van der Waals surface area contributed by atoms with Crippen molar-refractivity contribution >= 4 is 52.6 Å². The fraction of sp³-hybridized carbons (Fsp3) is 0.214. The fourth-order valence-corrected chi connectivity index (χ4v) is 4.43. The Morgan fingerprint density at radius 1 is 0.821 bits per heavy atom. The molecule has 11 heteroatoms. The molecule has 0 atom stereocenters. The number of nitrogens with zero attached hydrogens (tertiary/aromatic N) is 1. The maximum absolute atomic E-state index is 12.6. The molecular formula is C28H27Cl2N5O4. The molecule has 9 nitrogen and oxygen atoms in total. The van der Waals surface area contributed by atoms with Crippen LogP contribution in [0.4, 0.5) is 5.69 Å². The molecule has 0 aromatic heterocycles. The molecule has 0 saturated carbocycles. The molecule has 0 aliphatic carbocycles. The Kier molecular flexibility index (Phi) is 9.77. The van der Waals surface area contributed by atoms with Gasteiger partial charge < -0.3 is 26.0 Å². The zero-order chi connectivity index (χ0) is 27.6. The van der Waals surface area contributed by atoms with Gasteiger partial charge in [0, 0.05) is 37.3 Å². The number of benzene rings is 3. The zero-order valence-corrected chi connectivity index (χ0v) is 22.4. The van der Waals surface area contributed by atoms with Gasteiger partial charge in [0.2, 0.25) is 5.91 Å². The largest absolute Gasteiger partial charge is 0.465 e. The van der Waals surface area contributed by atoms with E-state index in [1.807, 2.05) is 30.3 Å². The van der Waals surface area contributed by atoms with Crippen molar-refractivity contribution in [1.29, 1.82) is 0 Å². The third-order valence-corrected chi connectivity index (χ3v) is 6.29. The van der Waals surface area contributed by atoms with Crippen LogP contribution in [0.2, 0.25) is 10.0 Å². The van der Waals surface area contributed by atoms with Gasteiger partial charge >= 0.3 is 0 Å². The topological polar surface area (TPSA) is 121 Å². The van der Waals surface area contributed by atoms with Gasteiger partial charge in [-0.3, -0.25) is 14.4 Å². The van der Waals surface area contributed by atoms with Crippen LogP contribution in [-0.4, -0.2) is 56.5 Å². The summed E-state index contributed by atoms with van der Waals surface area (Å²) in [4.78, 5) is 41.5. The number of carbonyl (C=O) groups excluding carboxylic acids is 3. The van der Waals surface area contributed by atoms with E-state index < -0.39 is 17.7 Å². The molecule has 4 N–H and O–H groups in total. The highest BCUT2D eigenvalue weighted by Gasteiger charge is 2.17. The van der Waals surface area contributed by atoms with Crippen molar-refractivity contribution in [2.75, 3.05) is 38.1 Å². The van der Waals surface area contributed by atoms with Gasteiger partial charge in [0.05, 0.1) is 28.8 Å². The van der Waals surface area contributed by atoms with Crippen LogP contribution in [0, 0.1) is 0 Å². The van der Waals surface area contributed by atoms with E-state index >= 15 is 0 Å². The van der Waals surface area contributed by atoms with Crippen LogP contribution in [-0.2, 0) is 9.53 Å². The number of anilines is 1. The summed E-state index contributed by atoms with van der Waals surface area (Å²) in [7, 11) is 0. The lowest BCUT2D eigenvalue weighted by Crippen LogP contribution is -2.40. The number of nitrogens with one attached hydrogen (secondary N) is 4. The molecule has 0 saturated heterocycles. The lowest BCUT2D eigenvalue weighted by Gasteiger charge is -2.15. The summed E-state index contributed by atoms with van der Waals surface area (Å²) in [5.74, 6) is -1.26. The minimum absolute atomic E-state index is 0.144. The highest BCUT2D eigenvalue weighted by molar-refractivity contribution is 6.40. The summed E-state index contributed by atoms with van der Waals surface area (Å²) in [6, 6.07) is 20.1. The molecule has 1 aliphatic rings. The molecule has 0 fully saturated rings. The van der Waals surface area contributed by atoms with Crippen LogP contribution in [0.15, 0.2) is 71.7 Å². The molecular weight excluding hydrogens is 541 g/mol. The molecule has 202 valence electrons. The molecule has 3 aromatic carbocycles. The third-order valence-electron chi connectivity index (χ3n) is 5.69. The lowest BCUT2D eigenvalue weighted by atomic mass is 10.0. The van der Waals surface area contributed by atoms with E-state index in [1.165, 1.54) is 0 Å². The molecule has 0 bridgehead atoms. The first-order valence-electron chi connectivity index (χ1n) is 12.3. The van der Waals surface area contributed by atoms with Crippen LogP contribution >= 0.6 is 23.2 Å². The van der Waals surface area contributed by atoms with Crippen molar-refractivity contribution in [2.45, 2.75) is 6.42 Å². The summed E-state index contributed by atoms with van der Waals surface area (Å²) >= 11 is 12.7. The summed E-state index contributed by atoms with van der Waals surface area (Å²) in [5, 5.41) is 11.4. The van der Waals surface area contributed by atoms with Crippen molar-refractivity contribution in [3.63, 3.8) is 0 Å². The van der Waals surface area contributed by atoms with E-state index in [4.69, 9.17) is 27.9 Å². The summed E-state index contributed by atoms with van der Waals surface area (Å²) in [6.07, 6.45) is 0.869. The Bertz CT molecular complexity index is 1360. The van der Waals surface area contributed by atoms with Crippen molar-refractivity contribution < 1.29 is 19.1 Å². The van der Waals surface area contributed by atoms with Gasteiger partial charge in [-0.05, 0) is 41.5 Å². The highest BCUT2D eigenvalue weighted by Crippen LogP contribution is 2.31. The molecule has 0 radical (unpaired) electrons. The van der Waals surface area contributed by atoms with Crippen LogP contribution in [0.25, 0.3) is 11.1 Å². The van der Waals surface area contributed by atoms with E-state index in [1.54, 1.807) is 36.4 Å². The van der Waals surface area contributed by atoms with E-state index in [2.05, 4.69) is 26.3 Å². The summed E-state index contributed by atoms with van der Waals surface area (Å²) in [6.45, 7) is 1.35. The molecule has 3 aromatic rings. The quantitative estimate of drug-likeness (QED) is 0.290. The molecule has 4 rings (SSSR count). The van der Waals surface area contributed by atoms with Gasteiger partial charge in [0.1, 0.15) is 0 Å². The highest BCUT2D eigenvalue weighted by atomic mass is 35.5. The minimum Gasteiger partial charge on any atom is -0.465 e. The Morgan fingerprint density at radius 2 is 1.56 bits per heavy atom. The Hall–Kier alpha value is -4.08. The number of amides is 3. The molecule has 0 unspecified atom stereocenters. The normalized spacial score (nSPS) is 12.5. The standard InChI is InChI=1S/C28H27Cl2N5O4/c29-22-15-20(18-6-2-1-3-7-18)16-23(30)25(22)27(38)32-12-11-31-24(36)17-34-26(37)19-8-4-9-21(14-19)35-28-33-10-5-13-39-28/h1-4,6-9,14-16H,5,10-13,17H2,(H,31,36)(H,32,38)(H,33,35)(H,34,37). The summed E-state index contributed by atoms with van der Waals surface area (Å²) in [5.41, 5.74) is 2.92. The predicted molar refractivity (Wildman–Crippen MR) is 153 cm³/mol. The maximum Gasteiger partial charge on any atom is 0.289 e. The molecule has 3 amide bonds. The predicted octanol–water partition coefficient (Wildman–Crippen LogP) is 4.12. The second-order valence-corrected chi connectivity index (χ2v) is 9.38. The monoisotopic (exact) mass is 567 g/mol. The number of rotatable bonds is 9. The maximum atomic E-state index is 12.6. The van der Waals surface area contributed by atoms with Gasteiger partial charge in [-0.25, -0.2) is 4.99 Å². The number of hydrogen-bond acceptors (Lipinski definition) is 6. The number of halogens is 2. The number of amidine groups is 1. The van der Waals surface area contributed by atoms with Gasteiger partial charge in [-0.2, -0.15) is 0 Å². The fourth-order valence-electron chi connectivity index (χ4n) is 3.78.